The first kappa shape index (κ1) is 14.7. The lowest BCUT2D eigenvalue weighted by Crippen LogP contribution is -2.13. The van der Waals surface area contributed by atoms with Gasteiger partial charge in [-0.3, -0.25) is 14.9 Å². The molecule has 0 aliphatic heterocycles. The van der Waals surface area contributed by atoms with Crippen LogP contribution in [0.3, 0.4) is 0 Å². The molecule has 0 bridgehead atoms. The molecule has 0 aliphatic carbocycles. The molecule has 1 amide bonds. The molecule has 0 aromatic heterocycles. The summed E-state index contributed by atoms with van der Waals surface area (Å²) >= 11 is 5.71. The standard InChI is InChI=1S/C13H9ClFN3O3/c14-8-2-3-9(15)11(6-8)17-13(19)7-1-4-12(18(20)21)10(16)5-7/h1-6H,16H2,(H,17,19). The molecule has 0 aliphatic rings. The highest BCUT2D eigenvalue weighted by molar-refractivity contribution is 6.31. The van der Waals surface area contributed by atoms with Gasteiger partial charge in [0.1, 0.15) is 11.5 Å². The van der Waals surface area contributed by atoms with E-state index in [4.69, 9.17) is 17.3 Å². The second kappa shape index (κ2) is 5.76. The lowest BCUT2D eigenvalue weighted by molar-refractivity contribution is -0.383. The minimum absolute atomic E-state index is 0.0671. The SMILES string of the molecule is Nc1cc(C(=O)Nc2cc(Cl)ccc2F)ccc1[N+](=O)[O-]. The maximum atomic E-state index is 13.5. The molecule has 3 N–H and O–H groups in total. The second-order valence-corrected chi connectivity index (χ2v) is 4.55. The third-order valence-electron chi connectivity index (χ3n) is 2.66. The highest BCUT2D eigenvalue weighted by atomic mass is 35.5. The first-order valence-corrected chi connectivity index (χ1v) is 6.06. The van der Waals surface area contributed by atoms with E-state index in [0.717, 1.165) is 18.2 Å². The summed E-state index contributed by atoms with van der Waals surface area (Å²) in [6, 6.07) is 7.20. The zero-order valence-corrected chi connectivity index (χ0v) is 11.2. The maximum Gasteiger partial charge on any atom is 0.292 e. The fourth-order valence-corrected chi connectivity index (χ4v) is 1.82. The molecule has 2 aromatic carbocycles. The Morgan fingerprint density at radius 2 is 2.00 bits per heavy atom. The van der Waals surface area contributed by atoms with Gasteiger partial charge in [-0.25, -0.2) is 4.39 Å². The summed E-state index contributed by atoms with van der Waals surface area (Å²) in [5, 5.41) is 13.2. The number of nitrogens with two attached hydrogens (primary N) is 1. The number of nitrogens with zero attached hydrogens (tertiary/aromatic N) is 1. The molecule has 0 heterocycles. The lowest BCUT2D eigenvalue weighted by atomic mass is 10.1. The summed E-state index contributed by atoms with van der Waals surface area (Å²) < 4.78 is 13.5. The van der Waals surface area contributed by atoms with Crippen molar-refractivity contribution in [1.82, 2.24) is 0 Å². The summed E-state index contributed by atoms with van der Waals surface area (Å²) in [4.78, 5) is 21.9. The van der Waals surface area contributed by atoms with Gasteiger partial charge < -0.3 is 11.1 Å². The number of hydrogen-bond donors (Lipinski definition) is 2. The number of benzene rings is 2. The van der Waals surface area contributed by atoms with E-state index in [1.807, 2.05) is 0 Å². The van der Waals surface area contributed by atoms with Gasteiger partial charge in [-0.2, -0.15) is 0 Å². The van der Waals surface area contributed by atoms with E-state index in [0.29, 0.717) is 0 Å². The van der Waals surface area contributed by atoms with Crippen LogP contribution >= 0.6 is 11.6 Å². The van der Waals surface area contributed by atoms with Gasteiger partial charge in [0.25, 0.3) is 11.6 Å². The number of carbonyl (C=O) groups excluding carboxylic acids is 1. The number of amides is 1. The number of hydrogen-bond acceptors (Lipinski definition) is 4. The number of halogens is 2. The molecule has 0 saturated carbocycles. The average molecular weight is 310 g/mol. The van der Waals surface area contributed by atoms with Crippen molar-refractivity contribution in [3.05, 3.63) is 62.9 Å². The van der Waals surface area contributed by atoms with E-state index in [1.165, 1.54) is 18.2 Å². The molecule has 0 fully saturated rings. The Labute approximate surface area is 123 Å². The summed E-state index contributed by atoms with van der Waals surface area (Å²) in [5.41, 5.74) is 5.01. The van der Waals surface area contributed by atoms with Crippen LogP contribution in [0.5, 0.6) is 0 Å². The second-order valence-electron chi connectivity index (χ2n) is 4.11. The Kier molecular flexibility index (Phi) is 4.04. The van der Waals surface area contributed by atoms with Crippen LogP contribution in [0.15, 0.2) is 36.4 Å². The number of nitrogens with one attached hydrogen (secondary N) is 1. The fraction of sp³-hybridized carbons (Fsp3) is 0. The molecule has 0 saturated heterocycles. The minimum atomic E-state index is -0.659. The first-order chi connectivity index (χ1) is 9.88. The Morgan fingerprint density at radius 1 is 1.29 bits per heavy atom. The molecule has 2 rings (SSSR count). The molecule has 6 nitrogen and oxygen atoms in total. The predicted molar refractivity (Wildman–Crippen MR) is 76.9 cm³/mol. The van der Waals surface area contributed by atoms with Crippen molar-refractivity contribution >= 4 is 34.6 Å². The zero-order valence-electron chi connectivity index (χ0n) is 10.5. The van der Waals surface area contributed by atoms with E-state index in [1.54, 1.807) is 0 Å². The Balaban J connectivity index is 2.26. The van der Waals surface area contributed by atoms with Crippen molar-refractivity contribution < 1.29 is 14.1 Å². The zero-order chi connectivity index (χ0) is 15.6. The van der Waals surface area contributed by atoms with Gasteiger partial charge in [-0.05, 0) is 30.3 Å². The van der Waals surface area contributed by atoms with Gasteiger partial charge in [-0.1, -0.05) is 11.6 Å². The third-order valence-corrected chi connectivity index (χ3v) is 2.90. The van der Waals surface area contributed by atoms with Crippen LogP contribution in [-0.4, -0.2) is 10.8 Å². The smallest absolute Gasteiger partial charge is 0.292 e. The largest absolute Gasteiger partial charge is 0.393 e. The summed E-state index contributed by atoms with van der Waals surface area (Å²) in [5.74, 6) is -1.31. The minimum Gasteiger partial charge on any atom is -0.393 e. The molecule has 0 unspecified atom stereocenters. The molecular weight excluding hydrogens is 301 g/mol. The molecule has 2 aromatic rings. The molecular formula is C13H9ClFN3O3. The van der Waals surface area contributed by atoms with Crippen molar-refractivity contribution in [3.63, 3.8) is 0 Å². The molecule has 108 valence electrons. The summed E-state index contributed by atoms with van der Waals surface area (Å²) in [7, 11) is 0. The van der Waals surface area contributed by atoms with Gasteiger partial charge in [0.2, 0.25) is 0 Å². The van der Waals surface area contributed by atoms with Crippen molar-refractivity contribution in [2.45, 2.75) is 0 Å². The molecule has 0 radical (unpaired) electrons. The van der Waals surface area contributed by atoms with Crippen molar-refractivity contribution in [2.24, 2.45) is 0 Å². The highest BCUT2D eigenvalue weighted by Crippen LogP contribution is 2.24. The molecule has 8 heteroatoms. The third kappa shape index (κ3) is 3.26. The quantitative estimate of drug-likeness (QED) is 0.516. The average Bonchev–Trinajstić information content (AvgIpc) is 2.42. The number of nitrogen functional groups attached to an aromatic ring is 1. The van der Waals surface area contributed by atoms with Crippen LogP contribution in [-0.2, 0) is 0 Å². The van der Waals surface area contributed by atoms with E-state index in [9.17, 15) is 19.3 Å². The number of carbonyl (C=O) groups is 1. The number of rotatable bonds is 3. The fourth-order valence-electron chi connectivity index (χ4n) is 1.65. The van der Waals surface area contributed by atoms with Crippen molar-refractivity contribution in [1.29, 1.82) is 0 Å². The topological polar surface area (TPSA) is 98.3 Å². The van der Waals surface area contributed by atoms with Gasteiger partial charge in [0.05, 0.1) is 10.6 Å². The molecule has 0 spiro atoms. The predicted octanol–water partition coefficient (Wildman–Crippen LogP) is 3.22. The van der Waals surface area contributed by atoms with Gasteiger partial charge >= 0.3 is 0 Å². The Morgan fingerprint density at radius 3 is 2.62 bits per heavy atom. The Bertz CT molecular complexity index is 737. The molecule has 0 atom stereocenters. The van der Waals surface area contributed by atoms with Crippen LogP contribution in [0.25, 0.3) is 0 Å². The first-order valence-electron chi connectivity index (χ1n) is 5.69. The highest BCUT2D eigenvalue weighted by Gasteiger charge is 2.15. The van der Waals surface area contributed by atoms with Gasteiger partial charge in [0, 0.05) is 16.7 Å². The van der Waals surface area contributed by atoms with E-state index in [2.05, 4.69) is 5.32 Å². The van der Waals surface area contributed by atoms with Crippen LogP contribution in [0, 0.1) is 15.9 Å². The Hall–Kier alpha value is -2.67. The van der Waals surface area contributed by atoms with Crippen molar-refractivity contribution in [3.8, 4) is 0 Å². The van der Waals surface area contributed by atoms with Crippen LogP contribution in [0.2, 0.25) is 5.02 Å². The lowest BCUT2D eigenvalue weighted by Gasteiger charge is -2.07. The summed E-state index contributed by atoms with van der Waals surface area (Å²) in [6.45, 7) is 0. The molecule has 21 heavy (non-hydrogen) atoms. The summed E-state index contributed by atoms with van der Waals surface area (Å²) in [6.07, 6.45) is 0. The van der Waals surface area contributed by atoms with E-state index >= 15 is 0 Å². The number of anilines is 2. The van der Waals surface area contributed by atoms with Crippen molar-refractivity contribution in [2.75, 3.05) is 11.1 Å². The number of nitro benzene ring substituents is 1. The van der Waals surface area contributed by atoms with Crippen LogP contribution < -0.4 is 11.1 Å². The monoisotopic (exact) mass is 309 g/mol. The van der Waals surface area contributed by atoms with Crippen LogP contribution in [0.4, 0.5) is 21.5 Å². The number of nitro groups is 1. The van der Waals surface area contributed by atoms with E-state index < -0.39 is 16.6 Å². The van der Waals surface area contributed by atoms with E-state index in [-0.39, 0.29) is 27.6 Å². The van der Waals surface area contributed by atoms with Gasteiger partial charge in [-0.15, -0.1) is 0 Å². The van der Waals surface area contributed by atoms with Crippen LogP contribution in [0.1, 0.15) is 10.4 Å². The normalized spacial score (nSPS) is 10.2. The van der Waals surface area contributed by atoms with Gasteiger partial charge in [0.15, 0.2) is 0 Å². The maximum absolute atomic E-state index is 13.5.